The van der Waals surface area contributed by atoms with E-state index in [1.165, 1.54) is 25.9 Å². The van der Waals surface area contributed by atoms with E-state index in [1.54, 1.807) is 31.8 Å². The summed E-state index contributed by atoms with van der Waals surface area (Å²) >= 11 is 3.54. The number of piperidine rings is 1. The Morgan fingerprint density at radius 1 is 1.02 bits per heavy atom. The fourth-order valence-corrected chi connectivity index (χ4v) is 5.96. The number of aromatic nitrogens is 4. The fraction of sp³-hybridized carbons (Fsp3) is 0.552. The van der Waals surface area contributed by atoms with Gasteiger partial charge in [0.1, 0.15) is 22.9 Å². The molecular weight excluding hydrogens is 586 g/mol. The van der Waals surface area contributed by atoms with Gasteiger partial charge in [-0.1, -0.05) is 0 Å². The summed E-state index contributed by atoms with van der Waals surface area (Å²) in [7, 11) is 5.75. The Hall–Kier alpha value is -2.93. The summed E-state index contributed by atoms with van der Waals surface area (Å²) in [6.07, 6.45) is 5.85. The predicted octanol–water partition coefficient (Wildman–Crippen LogP) is 4.22. The van der Waals surface area contributed by atoms with Crippen molar-refractivity contribution in [2.75, 3.05) is 69.0 Å². The molecule has 11 nitrogen and oxygen atoms in total. The van der Waals surface area contributed by atoms with Crippen LogP contribution < -0.4 is 20.3 Å². The first-order valence-electron chi connectivity index (χ1n) is 14.2. The van der Waals surface area contributed by atoms with Crippen molar-refractivity contribution in [1.82, 2.24) is 29.5 Å². The van der Waals surface area contributed by atoms with E-state index in [4.69, 9.17) is 9.72 Å². The lowest BCUT2D eigenvalue weighted by molar-refractivity contribution is 0.0739. The number of anilines is 5. The summed E-state index contributed by atoms with van der Waals surface area (Å²) in [5.74, 6) is 1.83. The van der Waals surface area contributed by atoms with E-state index >= 15 is 0 Å². The molecule has 2 aliphatic rings. The molecule has 0 radical (unpaired) electrons. The minimum Gasteiger partial charge on any atom is -0.495 e. The number of aliphatic hydroxyl groups is 1. The first-order chi connectivity index (χ1) is 19.5. The van der Waals surface area contributed by atoms with E-state index < -0.39 is 5.60 Å². The Balaban J connectivity index is 1.30. The SMILES string of the molecule is COc1cc(Nc2ncc(Br)c(Nc3cn(C)nc3C(C)(C)O)n2)c(C)cc1N1CCC(N2CCN(C)CC2)CC1. The van der Waals surface area contributed by atoms with Crippen molar-refractivity contribution in [3.05, 3.63) is 40.3 Å². The van der Waals surface area contributed by atoms with Crippen LogP contribution in [0, 0.1) is 6.92 Å². The third kappa shape index (κ3) is 6.77. The van der Waals surface area contributed by atoms with Gasteiger partial charge in [-0.05, 0) is 68.2 Å². The molecule has 2 aliphatic heterocycles. The van der Waals surface area contributed by atoms with Crippen LogP contribution in [-0.2, 0) is 12.6 Å². The molecule has 2 fully saturated rings. The first-order valence-corrected chi connectivity index (χ1v) is 15.0. The van der Waals surface area contributed by atoms with Crippen molar-refractivity contribution in [2.45, 2.75) is 45.3 Å². The second-order valence-electron chi connectivity index (χ2n) is 11.7. The predicted molar refractivity (Wildman–Crippen MR) is 167 cm³/mol. The zero-order chi connectivity index (χ0) is 29.3. The van der Waals surface area contributed by atoms with Crippen LogP contribution >= 0.6 is 15.9 Å². The Morgan fingerprint density at radius 2 is 1.73 bits per heavy atom. The smallest absolute Gasteiger partial charge is 0.229 e. The highest BCUT2D eigenvalue weighted by molar-refractivity contribution is 9.10. The number of ether oxygens (including phenoxy) is 1. The molecule has 4 heterocycles. The number of methoxy groups -OCH3 is 1. The standard InChI is InChI=1S/C29H42BrN9O2/c1-19-15-24(39-9-7-20(8-10-39)38-13-11-36(4)12-14-38)25(41-6)16-22(19)33-28-31-17-21(30)27(34-28)32-23-18-37(5)35-26(23)29(2,3)40/h15-18,20,40H,7-14H2,1-6H3,(H2,31,32,33,34). The Labute approximate surface area is 251 Å². The topological polar surface area (TPSA) is 107 Å². The summed E-state index contributed by atoms with van der Waals surface area (Å²) in [5, 5.41) is 21.6. The third-order valence-electron chi connectivity index (χ3n) is 8.04. The molecule has 222 valence electrons. The Kier molecular flexibility index (Phi) is 8.74. The summed E-state index contributed by atoms with van der Waals surface area (Å²) in [6, 6.07) is 4.89. The molecule has 0 bridgehead atoms. The van der Waals surface area contributed by atoms with E-state index in [0.29, 0.717) is 33.7 Å². The number of benzene rings is 1. The maximum absolute atomic E-state index is 10.6. The molecule has 41 heavy (non-hydrogen) atoms. The molecule has 3 aromatic rings. The molecule has 0 saturated carbocycles. The van der Waals surface area contributed by atoms with Gasteiger partial charge in [0.05, 0.1) is 23.0 Å². The normalized spacial score (nSPS) is 17.6. The lowest BCUT2D eigenvalue weighted by Gasteiger charge is -2.42. The van der Waals surface area contributed by atoms with E-state index in [2.05, 4.69) is 71.4 Å². The average Bonchev–Trinajstić information content (AvgIpc) is 3.32. The zero-order valence-electron chi connectivity index (χ0n) is 24.9. The van der Waals surface area contributed by atoms with Crippen LogP contribution in [0.4, 0.5) is 28.8 Å². The molecule has 3 N–H and O–H groups in total. The summed E-state index contributed by atoms with van der Waals surface area (Å²) in [5.41, 5.74) is 3.18. The van der Waals surface area contributed by atoms with Crippen LogP contribution in [0.1, 0.15) is 37.9 Å². The van der Waals surface area contributed by atoms with Crippen LogP contribution in [0.25, 0.3) is 0 Å². The Bertz CT molecular complexity index is 1360. The highest BCUT2D eigenvalue weighted by Gasteiger charge is 2.28. The number of halogens is 1. The highest BCUT2D eigenvalue weighted by atomic mass is 79.9. The monoisotopic (exact) mass is 627 g/mol. The van der Waals surface area contributed by atoms with Gasteiger partial charge in [0.2, 0.25) is 5.95 Å². The molecule has 0 aliphatic carbocycles. The second-order valence-corrected chi connectivity index (χ2v) is 12.5. The summed E-state index contributed by atoms with van der Waals surface area (Å²) in [6.45, 7) is 12.2. The molecule has 0 spiro atoms. The minimum atomic E-state index is -1.11. The van der Waals surface area contributed by atoms with Gasteiger partial charge >= 0.3 is 0 Å². The molecule has 1 aromatic carbocycles. The van der Waals surface area contributed by atoms with Crippen LogP contribution in [-0.4, -0.2) is 94.1 Å². The fourth-order valence-electron chi connectivity index (χ4n) is 5.67. The first kappa shape index (κ1) is 29.6. The van der Waals surface area contributed by atoms with Crippen LogP contribution in [0.5, 0.6) is 5.75 Å². The highest BCUT2D eigenvalue weighted by Crippen LogP contribution is 2.37. The number of aryl methyl sites for hydroxylation is 2. The van der Waals surface area contributed by atoms with Crippen LogP contribution in [0.2, 0.25) is 0 Å². The number of hydrogen-bond acceptors (Lipinski definition) is 10. The van der Waals surface area contributed by atoms with E-state index in [0.717, 1.165) is 48.9 Å². The number of piperazine rings is 1. The molecule has 0 amide bonds. The lowest BCUT2D eigenvalue weighted by Crippen LogP contribution is -2.52. The van der Waals surface area contributed by atoms with Gasteiger partial charge in [0.25, 0.3) is 0 Å². The van der Waals surface area contributed by atoms with Gasteiger partial charge < -0.3 is 30.3 Å². The van der Waals surface area contributed by atoms with E-state index in [-0.39, 0.29) is 0 Å². The van der Waals surface area contributed by atoms with Gasteiger partial charge in [-0.2, -0.15) is 10.1 Å². The largest absolute Gasteiger partial charge is 0.495 e. The van der Waals surface area contributed by atoms with Crippen molar-refractivity contribution in [3.8, 4) is 5.75 Å². The number of rotatable bonds is 8. The van der Waals surface area contributed by atoms with Gasteiger partial charge in [0, 0.05) is 76.5 Å². The molecule has 0 unspecified atom stereocenters. The lowest BCUT2D eigenvalue weighted by atomic mass is 10.0. The quantitative estimate of drug-likeness (QED) is 0.336. The third-order valence-corrected chi connectivity index (χ3v) is 8.62. The maximum Gasteiger partial charge on any atom is 0.229 e. The molecule has 5 rings (SSSR count). The van der Waals surface area contributed by atoms with Crippen LogP contribution in [0.3, 0.4) is 0 Å². The van der Waals surface area contributed by atoms with Gasteiger partial charge in [0.15, 0.2) is 0 Å². The number of hydrogen-bond donors (Lipinski definition) is 3. The molecule has 0 atom stereocenters. The zero-order valence-corrected chi connectivity index (χ0v) is 26.5. The van der Waals surface area contributed by atoms with Crippen molar-refractivity contribution in [2.24, 2.45) is 7.05 Å². The van der Waals surface area contributed by atoms with Crippen molar-refractivity contribution >= 4 is 44.8 Å². The van der Waals surface area contributed by atoms with Gasteiger partial charge in [-0.15, -0.1) is 0 Å². The second kappa shape index (κ2) is 12.1. The van der Waals surface area contributed by atoms with Crippen molar-refractivity contribution in [3.63, 3.8) is 0 Å². The number of likely N-dealkylation sites (N-methyl/N-ethyl adjacent to an activating group) is 1. The summed E-state index contributed by atoms with van der Waals surface area (Å²) < 4.78 is 8.22. The molecule has 2 aromatic heterocycles. The number of nitrogens with zero attached hydrogens (tertiary/aromatic N) is 7. The van der Waals surface area contributed by atoms with Crippen LogP contribution in [0.15, 0.2) is 29.0 Å². The molecule has 12 heteroatoms. The van der Waals surface area contributed by atoms with Crippen molar-refractivity contribution < 1.29 is 9.84 Å². The maximum atomic E-state index is 10.6. The molecular formula is C29H42BrN9O2. The van der Waals surface area contributed by atoms with Crippen molar-refractivity contribution in [1.29, 1.82) is 0 Å². The summed E-state index contributed by atoms with van der Waals surface area (Å²) in [4.78, 5) is 16.7. The Morgan fingerprint density at radius 3 is 2.39 bits per heavy atom. The van der Waals surface area contributed by atoms with E-state index in [9.17, 15) is 5.11 Å². The average molecular weight is 629 g/mol. The minimum absolute atomic E-state index is 0.440. The van der Waals surface area contributed by atoms with Gasteiger partial charge in [-0.3, -0.25) is 9.58 Å². The molecule has 2 saturated heterocycles. The van der Waals surface area contributed by atoms with Gasteiger partial charge in [-0.25, -0.2) is 4.98 Å². The van der Waals surface area contributed by atoms with E-state index in [1.807, 2.05) is 19.3 Å². The number of nitrogens with one attached hydrogen (secondary N) is 2.